The summed E-state index contributed by atoms with van der Waals surface area (Å²) in [5.74, 6) is 0.547. The summed E-state index contributed by atoms with van der Waals surface area (Å²) in [5.41, 5.74) is 6.37. The van der Waals surface area contributed by atoms with E-state index in [1.165, 1.54) is 16.7 Å². The molecule has 0 saturated heterocycles. The smallest absolute Gasteiger partial charge is 0.188 e. The van der Waals surface area contributed by atoms with Gasteiger partial charge in [0.1, 0.15) is 0 Å². The molecule has 144 valence electrons. The predicted molar refractivity (Wildman–Crippen MR) is 121 cm³/mol. The number of ketones is 1. The van der Waals surface area contributed by atoms with Gasteiger partial charge in [0, 0.05) is 17.2 Å². The minimum Gasteiger partial charge on any atom is -0.332 e. The number of nitrogens with one attached hydrogen (secondary N) is 1. The average molecular weight is 399 g/mol. The fourth-order valence-electron chi connectivity index (χ4n) is 3.74. The van der Waals surface area contributed by atoms with Crippen LogP contribution in [0, 0.1) is 12.8 Å². The van der Waals surface area contributed by atoms with Gasteiger partial charge in [-0.3, -0.25) is 4.79 Å². The van der Waals surface area contributed by atoms with Crippen LogP contribution >= 0.6 is 11.3 Å². The molecule has 4 aromatic rings. The Kier molecular flexibility index (Phi) is 4.64. The van der Waals surface area contributed by atoms with Crippen LogP contribution in [0.2, 0.25) is 0 Å². The van der Waals surface area contributed by atoms with Crippen LogP contribution in [0.25, 0.3) is 21.3 Å². The summed E-state index contributed by atoms with van der Waals surface area (Å²) in [6.45, 7) is 2.09. The van der Waals surface area contributed by atoms with Crippen molar-refractivity contribution in [2.75, 3.05) is 5.32 Å². The number of aromatic nitrogens is 1. The van der Waals surface area contributed by atoms with Crippen LogP contribution < -0.4 is 5.32 Å². The molecular weight excluding hydrogens is 376 g/mol. The molecule has 0 unspecified atom stereocenters. The number of aryl methyl sites for hydroxylation is 1. The Morgan fingerprint density at radius 1 is 0.966 bits per heavy atom. The number of rotatable bonds is 5. The SMILES string of the molecule is Cc1cccc2sc(Nc3ccc(-c4ccc(C(=O)C5CCC5)cc4)cc3)nc12. The van der Waals surface area contributed by atoms with Crippen LogP contribution in [0.1, 0.15) is 35.2 Å². The van der Waals surface area contributed by atoms with Crippen molar-refractivity contribution in [1.82, 2.24) is 4.98 Å². The number of hydrogen-bond donors (Lipinski definition) is 1. The first-order chi connectivity index (χ1) is 14.2. The first-order valence-corrected chi connectivity index (χ1v) is 10.9. The third kappa shape index (κ3) is 3.56. The van der Waals surface area contributed by atoms with E-state index >= 15 is 0 Å². The standard InChI is InChI=1S/C25H22N2OS/c1-16-4-2-7-22-23(16)27-25(29-22)26-21-14-12-18(13-15-21)17-8-10-20(11-9-17)24(28)19-5-3-6-19/h2,4,7-15,19H,3,5-6H2,1H3,(H,26,27). The van der Waals surface area contributed by atoms with Crippen molar-refractivity contribution in [2.45, 2.75) is 26.2 Å². The number of thiazole rings is 1. The third-order valence-electron chi connectivity index (χ3n) is 5.74. The molecule has 1 aliphatic carbocycles. The van der Waals surface area contributed by atoms with E-state index in [1.54, 1.807) is 11.3 Å². The highest BCUT2D eigenvalue weighted by Gasteiger charge is 2.25. The number of Topliss-reactive ketones (excluding diaryl/α,β-unsaturated/α-hetero) is 1. The topological polar surface area (TPSA) is 42.0 Å². The van der Waals surface area contributed by atoms with E-state index in [-0.39, 0.29) is 5.92 Å². The molecule has 1 heterocycles. The third-order valence-corrected chi connectivity index (χ3v) is 6.67. The molecule has 0 aliphatic heterocycles. The number of anilines is 2. The molecule has 0 radical (unpaired) electrons. The number of para-hydroxylation sites is 1. The molecule has 5 rings (SSSR count). The van der Waals surface area contributed by atoms with Crippen molar-refractivity contribution in [1.29, 1.82) is 0 Å². The summed E-state index contributed by atoms with van der Waals surface area (Å²) >= 11 is 1.67. The Labute approximate surface area is 174 Å². The molecule has 0 bridgehead atoms. The molecule has 1 saturated carbocycles. The van der Waals surface area contributed by atoms with E-state index in [2.05, 4.69) is 54.7 Å². The summed E-state index contributed by atoms with van der Waals surface area (Å²) in [6.07, 6.45) is 3.28. The van der Waals surface area contributed by atoms with E-state index < -0.39 is 0 Å². The molecule has 3 aromatic carbocycles. The molecule has 4 heteroatoms. The van der Waals surface area contributed by atoms with Crippen molar-refractivity contribution < 1.29 is 4.79 Å². The van der Waals surface area contributed by atoms with Crippen molar-refractivity contribution in [3.8, 4) is 11.1 Å². The highest BCUT2D eigenvalue weighted by molar-refractivity contribution is 7.22. The Hall–Kier alpha value is -2.98. The van der Waals surface area contributed by atoms with Crippen molar-refractivity contribution in [2.24, 2.45) is 5.92 Å². The Bertz CT molecular complexity index is 1170. The van der Waals surface area contributed by atoms with Gasteiger partial charge in [-0.05, 0) is 54.7 Å². The van der Waals surface area contributed by atoms with Crippen LogP contribution in [-0.2, 0) is 0 Å². The van der Waals surface area contributed by atoms with E-state index in [9.17, 15) is 4.79 Å². The highest BCUT2D eigenvalue weighted by Crippen LogP contribution is 2.32. The largest absolute Gasteiger partial charge is 0.332 e. The van der Waals surface area contributed by atoms with E-state index in [4.69, 9.17) is 4.98 Å². The molecule has 1 aliphatic rings. The predicted octanol–water partition coefficient (Wildman–Crippen LogP) is 7.00. The summed E-state index contributed by atoms with van der Waals surface area (Å²) in [5, 5.41) is 4.31. The zero-order valence-corrected chi connectivity index (χ0v) is 17.1. The monoisotopic (exact) mass is 398 g/mol. The fraction of sp³-hybridized carbons (Fsp3) is 0.200. The van der Waals surface area contributed by atoms with Gasteiger partial charge >= 0.3 is 0 Å². The van der Waals surface area contributed by atoms with Gasteiger partial charge in [-0.1, -0.05) is 66.3 Å². The van der Waals surface area contributed by atoms with E-state index in [1.807, 2.05) is 24.3 Å². The first-order valence-electron chi connectivity index (χ1n) is 10.1. The summed E-state index contributed by atoms with van der Waals surface area (Å²) in [4.78, 5) is 17.1. The zero-order valence-electron chi connectivity index (χ0n) is 16.3. The van der Waals surface area contributed by atoms with E-state index in [0.717, 1.165) is 45.9 Å². The number of hydrogen-bond acceptors (Lipinski definition) is 4. The van der Waals surface area contributed by atoms with Crippen LogP contribution in [0.5, 0.6) is 0 Å². The number of carbonyl (C=O) groups is 1. The van der Waals surface area contributed by atoms with E-state index in [0.29, 0.717) is 5.78 Å². The minimum absolute atomic E-state index is 0.248. The van der Waals surface area contributed by atoms with Gasteiger partial charge in [0.25, 0.3) is 0 Å². The van der Waals surface area contributed by atoms with Crippen LogP contribution in [-0.4, -0.2) is 10.8 Å². The zero-order chi connectivity index (χ0) is 19.8. The van der Waals surface area contributed by atoms with Crippen LogP contribution in [0.3, 0.4) is 0 Å². The summed E-state index contributed by atoms with van der Waals surface area (Å²) in [7, 11) is 0. The maximum atomic E-state index is 12.4. The van der Waals surface area contributed by atoms with Crippen LogP contribution in [0.4, 0.5) is 10.8 Å². The lowest BCUT2D eigenvalue weighted by atomic mass is 9.80. The second kappa shape index (κ2) is 7.45. The summed E-state index contributed by atoms with van der Waals surface area (Å²) in [6, 6.07) is 22.6. The van der Waals surface area contributed by atoms with Gasteiger partial charge in [0.15, 0.2) is 10.9 Å². The normalized spacial score (nSPS) is 14.0. The quantitative estimate of drug-likeness (QED) is 0.368. The van der Waals surface area contributed by atoms with Crippen LogP contribution in [0.15, 0.2) is 66.7 Å². The molecular formula is C25H22N2OS. The molecule has 1 fully saturated rings. The molecule has 0 atom stereocenters. The van der Waals surface area contributed by atoms with Gasteiger partial charge < -0.3 is 5.32 Å². The molecule has 29 heavy (non-hydrogen) atoms. The second-order valence-electron chi connectivity index (χ2n) is 7.71. The maximum Gasteiger partial charge on any atom is 0.188 e. The van der Waals surface area contributed by atoms with Gasteiger partial charge in [-0.25, -0.2) is 4.98 Å². The highest BCUT2D eigenvalue weighted by atomic mass is 32.1. The molecule has 0 spiro atoms. The number of fused-ring (bicyclic) bond motifs is 1. The number of benzene rings is 3. The Morgan fingerprint density at radius 2 is 1.66 bits per heavy atom. The van der Waals surface area contributed by atoms with Crippen molar-refractivity contribution in [3.05, 3.63) is 77.9 Å². The van der Waals surface area contributed by atoms with Gasteiger partial charge in [0.2, 0.25) is 0 Å². The van der Waals surface area contributed by atoms with Crippen molar-refractivity contribution >= 4 is 38.2 Å². The van der Waals surface area contributed by atoms with Gasteiger partial charge in [0.05, 0.1) is 10.2 Å². The molecule has 3 nitrogen and oxygen atoms in total. The Morgan fingerprint density at radius 3 is 2.28 bits per heavy atom. The second-order valence-corrected chi connectivity index (χ2v) is 8.74. The average Bonchev–Trinajstić information content (AvgIpc) is 3.11. The number of nitrogens with zero attached hydrogens (tertiary/aromatic N) is 1. The first kappa shape index (κ1) is 18.1. The van der Waals surface area contributed by atoms with Gasteiger partial charge in [-0.2, -0.15) is 0 Å². The van der Waals surface area contributed by atoms with Crippen molar-refractivity contribution in [3.63, 3.8) is 0 Å². The maximum absolute atomic E-state index is 12.4. The van der Waals surface area contributed by atoms with Gasteiger partial charge in [-0.15, -0.1) is 0 Å². The Balaban J connectivity index is 1.31. The fourth-order valence-corrected chi connectivity index (χ4v) is 4.71. The molecule has 1 N–H and O–H groups in total. The lowest BCUT2D eigenvalue weighted by Crippen LogP contribution is -2.21. The molecule has 1 aromatic heterocycles. The minimum atomic E-state index is 0.248. The lowest BCUT2D eigenvalue weighted by molar-refractivity contribution is 0.0855. The summed E-state index contributed by atoms with van der Waals surface area (Å²) < 4.78 is 1.20. The molecule has 0 amide bonds. The number of carbonyl (C=O) groups excluding carboxylic acids is 1. The lowest BCUT2D eigenvalue weighted by Gasteiger charge is -2.23.